The van der Waals surface area contributed by atoms with Gasteiger partial charge in [0.15, 0.2) is 0 Å². The summed E-state index contributed by atoms with van der Waals surface area (Å²) in [4.78, 5) is 0. The fourth-order valence-electron chi connectivity index (χ4n) is 1.96. The van der Waals surface area contributed by atoms with E-state index in [1.807, 2.05) is 36.4 Å². The van der Waals surface area contributed by atoms with Gasteiger partial charge in [0.05, 0.1) is 7.11 Å². The monoisotopic (exact) mass is 349 g/mol. The topological polar surface area (TPSA) is 30.5 Å². The minimum Gasteiger partial charge on any atom is -0.497 e. The lowest BCUT2D eigenvalue weighted by Crippen LogP contribution is -2.23. The number of hydrogen-bond acceptors (Lipinski definition) is 3. The Morgan fingerprint density at radius 2 is 1.81 bits per heavy atom. The first-order chi connectivity index (χ1) is 10.3. The maximum absolute atomic E-state index is 5.65. The van der Waals surface area contributed by atoms with Crippen LogP contribution < -0.4 is 14.8 Å². The molecule has 0 spiro atoms. The Balaban J connectivity index is 1.60. The quantitative estimate of drug-likeness (QED) is 0.737. The molecule has 0 saturated heterocycles. The maximum atomic E-state index is 5.65. The van der Waals surface area contributed by atoms with E-state index in [0.717, 1.165) is 35.5 Å². The van der Waals surface area contributed by atoms with Gasteiger partial charge >= 0.3 is 0 Å². The molecule has 0 aliphatic rings. The molecule has 0 aliphatic heterocycles. The Labute approximate surface area is 134 Å². The molecule has 0 radical (unpaired) electrons. The standard InChI is InChI=1S/C17H20BrNO2/c1-20-17-4-2-3-14(13-17)9-10-19-11-12-21-16-7-5-15(18)6-8-16/h2-8,13,19H,9-12H2,1H3. The lowest BCUT2D eigenvalue weighted by Gasteiger charge is -2.08. The number of methoxy groups -OCH3 is 1. The van der Waals surface area contributed by atoms with Gasteiger partial charge < -0.3 is 14.8 Å². The average Bonchev–Trinajstić information content (AvgIpc) is 2.52. The van der Waals surface area contributed by atoms with Crippen molar-refractivity contribution in [3.05, 3.63) is 58.6 Å². The van der Waals surface area contributed by atoms with Gasteiger partial charge in [-0.15, -0.1) is 0 Å². The zero-order valence-corrected chi connectivity index (χ0v) is 13.7. The molecule has 1 N–H and O–H groups in total. The predicted octanol–water partition coefficient (Wildman–Crippen LogP) is 3.67. The Morgan fingerprint density at radius 3 is 2.57 bits per heavy atom. The summed E-state index contributed by atoms with van der Waals surface area (Å²) in [5, 5.41) is 3.38. The van der Waals surface area contributed by atoms with Gasteiger partial charge in [0.1, 0.15) is 18.1 Å². The Hall–Kier alpha value is -1.52. The number of hydrogen-bond donors (Lipinski definition) is 1. The minimum atomic E-state index is 0.666. The van der Waals surface area contributed by atoms with Crippen molar-refractivity contribution in [2.75, 3.05) is 26.8 Å². The van der Waals surface area contributed by atoms with Gasteiger partial charge in [-0.3, -0.25) is 0 Å². The number of ether oxygens (including phenoxy) is 2. The molecule has 0 fully saturated rings. The molecular formula is C17H20BrNO2. The second kappa shape index (κ2) is 8.70. The highest BCUT2D eigenvalue weighted by molar-refractivity contribution is 9.10. The molecule has 21 heavy (non-hydrogen) atoms. The lowest BCUT2D eigenvalue weighted by molar-refractivity contribution is 0.314. The van der Waals surface area contributed by atoms with Crippen LogP contribution in [0.5, 0.6) is 11.5 Å². The van der Waals surface area contributed by atoms with Crippen molar-refractivity contribution in [3.8, 4) is 11.5 Å². The molecule has 2 rings (SSSR count). The number of benzene rings is 2. The summed E-state index contributed by atoms with van der Waals surface area (Å²) < 4.78 is 11.9. The molecular weight excluding hydrogens is 330 g/mol. The maximum Gasteiger partial charge on any atom is 0.119 e. The van der Waals surface area contributed by atoms with E-state index in [-0.39, 0.29) is 0 Å². The molecule has 0 amide bonds. The van der Waals surface area contributed by atoms with Crippen LogP contribution in [-0.4, -0.2) is 26.8 Å². The molecule has 3 nitrogen and oxygen atoms in total. The number of nitrogens with one attached hydrogen (secondary N) is 1. The molecule has 0 atom stereocenters. The first-order valence-corrected chi connectivity index (χ1v) is 7.79. The van der Waals surface area contributed by atoms with Crippen LogP contribution in [0.25, 0.3) is 0 Å². The second-order valence-corrected chi connectivity index (χ2v) is 5.57. The molecule has 0 bridgehead atoms. The van der Waals surface area contributed by atoms with E-state index in [1.54, 1.807) is 7.11 Å². The SMILES string of the molecule is COc1cccc(CCNCCOc2ccc(Br)cc2)c1. The fourth-order valence-corrected chi connectivity index (χ4v) is 2.22. The smallest absolute Gasteiger partial charge is 0.119 e. The molecule has 4 heteroatoms. The second-order valence-electron chi connectivity index (χ2n) is 4.65. The van der Waals surface area contributed by atoms with E-state index >= 15 is 0 Å². The Morgan fingerprint density at radius 1 is 1.00 bits per heavy atom. The van der Waals surface area contributed by atoms with Crippen molar-refractivity contribution in [3.63, 3.8) is 0 Å². The van der Waals surface area contributed by atoms with Gasteiger partial charge in [-0.2, -0.15) is 0 Å². The van der Waals surface area contributed by atoms with Crippen molar-refractivity contribution in [1.82, 2.24) is 5.32 Å². The van der Waals surface area contributed by atoms with Gasteiger partial charge in [0.2, 0.25) is 0 Å². The van der Waals surface area contributed by atoms with E-state index < -0.39 is 0 Å². The Bertz CT molecular complexity index is 543. The molecule has 2 aromatic carbocycles. The van der Waals surface area contributed by atoms with Gasteiger partial charge in [0, 0.05) is 11.0 Å². The van der Waals surface area contributed by atoms with Crippen LogP contribution in [0.1, 0.15) is 5.56 Å². The summed E-state index contributed by atoms with van der Waals surface area (Å²) in [5.74, 6) is 1.80. The van der Waals surface area contributed by atoms with Gasteiger partial charge in [0.25, 0.3) is 0 Å². The summed E-state index contributed by atoms with van der Waals surface area (Å²) in [6.45, 7) is 2.43. The summed E-state index contributed by atoms with van der Waals surface area (Å²) in [7, 11) is 1.69. The molecule has 0 aliphatic carbocycles. The summed E-state index contributed by atoms with van der Waals surface area (Å²) >= 11 is 3.40. The van der Waals surface area contributed by atoms with Crippen LogP contribution >= 0.6 is 15.9 Å². The van der Waals surface area contributed by atoms with Crippen LogP contribution in [0, 0.1) is 0 Å². The molecule has 0 aromatic heterocycles. The van der Waals surface area contributed by atoms with E-state index in [9.17, 15) is 0 Å². The summed E-state index contributed by atoms with van der Waals surface area (Å²) in [6, 6.07) is 16.0. The zero-order chi connectivity index (χ0) is 14.9. The first kappa shape index (κ1) is 15.9. The average molecular weight is 350 g/mol. The van der Waals surface area contributed by atoms with Crippen molar-refractivity contribution in [2.45, 2.75) is 6.42 Å². The third-order valence-corrected chi connectivity index (χ3v) is 3.61. The van der Waals surface area contributed by atoms with E-state index in [4.69, 9.17) is 9.47 Å². The highest BCUT2D eigenvalue weighted by Gasteiger charge is 1.97. The van der Waals surface area contributed by atoms with E-state index in [2.05, 4.69) is 33.4 Å². The molecule has 112 valence electrons. The summed E-state index contributed by atoms with van der Waals surface area (Å²) in [6.07, 6.45) is 0.982. The lowest BCUT2D eigenvalue weighted by atomic mass is 10.1. The highest BCUT2D eigenvalue weighted by Crippen LogP contribution is 2.15. The fraction of sp³-hybridized carbons (Fsp3) is 0.294. The predicted molar refractivity (Wildman–Crippen MR) is 89.2 cm³/mol. The van der Waals surface area contributed by atoms with E-state index in [0.29, 0.717) is 6.61 Å². The van der Waals surface area contributed by atoms with Crippen LogP contribution in [-0.2, 0) is 6.42 Å². The van der Waals surface area contributed by atoms with Crippen LogP contribution in [0.2, 0.25) is 0 Å². The van der Waals surface area contributed by atoms with Crippen LogP contribution in [0.3, 0.4) is 0 Å². The van der Waals surface area contributed by atoms with Gasteiger partial charge in [-0.25, -0.2) is 0 Å². The van der Waals surface area contributed by atoms with E-state index in [1.165, 1.54) is 5.56 Å². The first-order valence-electron chi connectivity index (χ1n) is 7.00. The number of halogens is 1. The van der Waals surface area contributed by atoms with Crippen LogP contribution in [0.4, 0.5) is 0 Å². The van der Waals surface area contributed by atoms with Crippen molar-refractivity contribution in [2.24, 2.45) is 0 Å². The van der Waals surface area contributed by atoms with Gasteiger partial charge in [-0.1, -0.05) is 28.1 Å². The third-order valence-electron chi connectivity index (χ3n) is 3.09. The zero-order valence-electron chi connectivity index (χ0n) is 12.1. The molecule has 0 heterocycles. The third kappa shape index (κ3) is 5.78. The highest BCUT2D eigenvalue weighted by atomic mass is 79.9. The van der Waals surface area contributed by atoms with Crippen molar-refractivity contribution >= 4 is 15.9 Å². The molecule has 0 unspecified atom stereocenters. The largest absolute Gasteiger partial charge is 0.497 e. The summed E-state index contributed by atoms with van der Waals surface area (Å²) in [5.41, 5.74) is 1.27. The number of rotatable bonds is 8. The van der Waals surface area contributed by atoms with Crippen molar-refractivity contribution in [1.29, 1.82) is 0 Å². The van der Waals surface area contributed by atoms with Crippen LogP contribution in [0.15, 0.2) is 53.0 Å². The normalized spacial score (nSPS) is 10.4. The van der Waals surface area contributed by atoms with Gasteiger partial charge in [-0.05, 0) is 54.9 Å². The molecule has 0 saturated carbocycles. The molecule has 2 aromatic rings. The Kier molecular flexibility index (Phi) is 6.57. The minimum absolute atomic E-state index is 0.666. The van der Waals surface area contributed by atoms with Crippen molar-refractivity contribution < 1.29 is 9.47 Å².